The summed E-state index contributed by atoms with van der Waals surface area (Å²) in [6, 6.07) is 31.6. The molecular weight excluding hydrogens is 877 g/mol. The molecule has 0 saturated carbocycles. The van der Waals surface area contributed by atoms with Gasteiger partial charge >= 0.3 is 0 Å². The lowest BCUT2D eigenvalue weighted by Gasteiger charge is -2.39. The number of hydrogen-bond donors (Lipinski definition) is 0. The summed E-state index contributed by atoms with van der Waals surface area (Å²) in [5.41, 5.74) is 24.9. The second-order valence-electron chi connectivity index (χ2n) is 26.3. The molecule has 72 heavy (non-hydrogen) atoms. The Morgan fingerprint density at radius 2 is 0.542 bits per heavy atom. The van der Waals surface area contributed by atoms with Crippen LogP contribution in [0.3, 0.4) is 0 Å². The summed E-state index contributed by atoms with van der Waals surface area (Å²) < 4.78 is 0. The van der Waals surface area contributed by atoms with E-state index in [1.54, 1.807) is 0 Å². The molecular formula is C66H78N6. The molecule has 6 heteroatoms. The van der Waals surface area contributed by atoms with Crippen LogP contribution in [0.15, 0.2) is 105 Å². The maximum absolute atomic E-state index is 5.58. The van der Waals surface area contributed by atoms with Gasteiger partial charge in [0.25, 0.3) is 0 Å². The Kier molecular flexibility index (Phi) is 12.2. The topological polar surface area (TPSA) is 75.2 Å². The number of hydrogen-bond acceptors (Lipinski definition) is 6. The lowest BCUT2D eigenvalue weighted by atomic mass is 9.65. The molecule has 6 nitrogen and oxygen atoms in total. The third-order valence-corrected chi connectivity index (χ3v) is 15.9. The van der Waals surface area contributed by atoms with Crippen LogP contribution in [0.1, 0.15) is 228 Å². The van der Waals surface area contributed by atoms with E-state index in [-0.39, 0.29) is 32.5 Å². The molecule has 0 unspecified atom stereocenters. The maximum Gasteiger partial charge on any atom is 0.0849 e. The highest BCUT2D eigenvalue weighted by Crippen LogP contribution is 2.52. The Hall–Kier alpha value is -6.14. The third kappa shape index (κ3) is 9.17. The predicted molar refractivity (Wildman–Crippen MR) is 306 cm³/mol. The van der Waals surface area contributed by atoms with E-state index in [4.69, 9.17) is 29.9 Å². The second kappa shape index (κ2) is 17.2. The smallest absolute Gasteiger partial charge is 0.0849 e. The first-order valence-electron chi connectivity index (χ1n) is 26.2. The molecule has 8 bridgehead atoms. The SMILES string of the molecule is CC1=Nc2cc(C(C)(C)C)cc3c2Cc2c(cc(C(C)(C)C)cc2C3(C)C)N=C(C)c2cccc(n2)C(C)=Nc2cc(C(C)(C)C)cc3c2Cc2c(cc(C(C)(C)C)cc2C3(C)C)N=C(C)c2cccc1n2. The Labute approximate surface area is 431 Å². The summed E-state index contributed by atoms with van der Waals surface area (Å²) in [5.74, 6) is 0. The molecule has 0 fully saturated rings. The largest absolute Gasteiger partial charge is 0.251 e. The zero-order chi connectivity index (χ0) is 52.4. The van der Waals surface area contributed by atoms with Crippen LogP contribution in [0.4, 0.5) is 22.7 Å². The molecule has 0 amide bonds. The Bertz CT molecular complexity index is 2920. The summed E-state index contributed by atoms with van der Waals surface area (Å²) in [6.45, 7) is 45.5. The second-order valence-corrected chi connectivity index (χ2v) is 26.3. The molecule has 2 aromatic heterocycles. The van der Waals surface area contributed by atoms with E-state index < -0.39 is 0 Å². The van der Waals surface area contributed by atoms with Crippen molar-refractivity contribution in [3.63, 3.8) is 0 Å². The molecule has 2 aliphatic carbocycles. The van der Waals surface area contributed by atoms with Crippen LogP contribution in [0.2, 0.25) is 0 Å². The highest BCUT2D eigenvalue weighted by molar-refractivity contribution is 6.04. The van der Waals surface area contributed by atoms with Crippen molar-refractivity contribution in [2.75, 3.05) is 0 Å². The Morgan fingerprint density at radius 1 is 0.333 bits per heavy atom. The van der Waals surface area contributed by atoms with Crippen LogP contribution in [0.25, 0.3) is 0 Å². The van der Waals surface area contributed by atoms with Gasteiger partial charge in [-0.1, -0.05) is 147 Å². The zero-order valence-electron chi connectivity index (χ0n) is 47.2. The lowest BCUT2D eigenvalue weighted by molar-refractivity contribution is 0.565. The first kappa shape index (κ1) is 50.8. The minimum absolute atomic E-state index is 0.0993. The number of aromatic nitrogens is 2. The summed E-state index contributed by atoms with van der Waals surface area (Å²) in [6.07, 6.45) is 1.40. The van der Waals surface area contributed by atoms with Gasteiger partial charge in [0.15, 0.2) is 0 Å². The van der Waals surface area contributed by atoms with Gasteiger partial charge in [-0.05, 0) is 165 Å². The number of nitrogens with zero attached hydrogens (tertiary/aromatic N) is 6. The normalized spacial score (nSPS) is 16.5. The van der Waals surface area contributed by atoms with E-state index in [1.807, 2.05) is 0 Å². The van der Waals surface area contributed by atoms with Crippen LogP contribution in [-0.4, -0.2) is 32.8 Å². The van der Waals surface area contributed by atoms with E-state index in [0.717, 1.165) is 68.4 Å². The fraction of sp³-hybridized carbons (Fsp3) is 0.424. The van der Waals surface area contributed by atoms with E-state index in [1.165, 1.54) is 66.8 Å². The lowest BCUT2D eigenvalue weighted by Crippen LogP contribution is -2.29. The molecule has 0 spiro atoms. The molecule has 0 N–H and O–H groups in total. The van der Waals surface area contributed by atoms with E-state index in [0.29, 0.717) is 12.8 Å². The van der Waals surface area contributed by atoms with Gasteiger partial charge in [-0.3, -0.25) is 20.0 Å². The molecule has 9 rings (SSSR count). The van der Waals surface area contributed by atoms with Gasteiger partial charge < -0.3 is 0 Å². The molecule has 0 radical (unpaired) electrons. The monoisotopic (exact) mass is 955 g/mol. The van der Waals surface area contributed by atoms with Crippen molar-refractivity contribution in [1.29, 1.82) is 0 Å². The molecule has 372 valence electrons. The standard InChI is InChI=1S/C66H78N6/c1-37-53-23-21-24-54(71-53)38(2)68-59-33-43(63(11,12)13)29-51-47(59)36-48-52(66(51,19)20)30-44(64(14,15)16)34-60(48)70-40(4)56-26-22-25-55(72-56)39(3)69-58-32-42(62(8,9)10)28-50-46(58)35-45-49(65(50,17)18)27-41(61(5,6)7)31-57(45)67-37/h21-34H,35-36H2,1-20H3. The Balaban J connectivity index is 1.36. The summed E-state index contributed by atoms with van der Waals surface area (Å²) in [7, 11) is 0. The molecule has 3 aliphatic rings. The van der Waals surface area contributed by atoms with Gasteiger partial charge in [0, 0.05) is 23.7 Å². The average Bonchev–Trinajstić information content (AvgIpc) is 3.28. The van der Waals surface area contributed by atoms with Crippen LogP contribution in [-0.2, 0) is 45.3 Å². The summed E-state index contributed by atoms with van der Waals surface area (Å²) in [5, 5.41) is 0. The number of pyridine rings is 2. The molecule has 6 aromatic rings. The molecule has 0 atom stereocenters. The van der Waals surface area contributed by atoms with Crippen LogP contribution in [0.5, 0.6) is 0 Å². The minimum atomic E-state index is -0.339. The van der Waals surface area contributed by atoms with Gasteiger partial charge in [0.05, 0.1) is 68.4 Å². The molecule has 0 saturated heterocycles. The van der Waals surface area contributed by atoms with E-state index in [9.17, 15) is 0 Å². The quantitative estimate of drug-likeness (QED) is 0.152. The fourth-order valence-corrected chi connectivity index (χ4v) is 11.0. The number of fused-ring (bicyclic) bond motifs is 4. The van der Waals surface area contributed by atoms with Crippen LogP contribution in [0, 0.1) is 0 Å². The van der Waals surface area contributed by atoms with Crippen molar-refractivity contribution in [3.05, 3.63) is 174 Å². The van der Waals surface area contributed by atoms with Gasteiger partial charge in [-0.2, -0.15) is 0 Å². The van der Waals surface area contributed by atoms with Crippen molar-refractivity contribution in [2.45, 2.75) is 184 Å². The summed E-state index contributed by atoms with van der Waals surface area (Å²) >= 11 is 0. The van der Waals surface area contributed by atoms with E-state index in [2.05, 4.69) is 223 Å². The number of aliphatic imine (C=N–C) groups is 4. The highest BCUT2D eigenvalue weighted by atomic mass is 14.9. The van der Waals surface area contributed by atoms with Crippen molar-refractivity contribution in [1.82, 2.24) is 9.97 Å². The molecule has 3 heterocycles. The van der Waals surface area contributed by atoms with Crippen molar-refractivity contribution in [3.8, 4) is 0 Å². The van der Waals surface area contributed by atoms with Gasteiger partial charge in [-0.25, -0.2) is 9.97 Å². The van der Waals surface area contributed by atoms with Crippen LogP contribution >= 0.6 is 0 Å². The maximum atomic E-state index is 5.58. The summed E-state index contributed by atoms with van der Waals surface area (Å²) in [4.78, 5) is 33.0. The van der Waals surface area contributed by atoms with Gasteiger partial charge in [0.2, 0.25) is 0 Å². The van der Waals surface area contributed by atoms with Crippen LogP contribution < -0.4 is 0 Å². The predicted octanol–water partition coefficient (Wildman–Crippen LogP) is 17.0. The van der Waals surface area contributed by atoms with Crippen molar-refractivity contribution >= 4 is 45.6 Å². The fourth-order valence-electron chi connectivity index (χ4n) is 11.0. The molecule has 1 aliphatic heterocycles. The first-order chi connectivity index (χ1) is 33.3. The van der Waals surface area contributed by atoms with Crippen molar-refractivity contribution < 1.29 is 0 Å². The Morgan fingerprint density at radius 3 is 0.736 bits per heavy atom. The van der Waals surface area contributed by atoms with Gasteiger partial charge in [-0.15, -0.1) is 0 Å². The highest BCUT2D eigenvalue weighted by Gasteiger charge is 2.40. The third-order valence-electron chi connectivity index (χ3n) is 15.9. The van der Waals surface area contributed by atoms with Gasteiger partial charge in [0.1, 0.15) is 0 Å². The zero-order valence-corrected chi connectivity index (χ0v) is 47.2. The average molecular weight is 955 g/mol. The van der Waals surface area contributed by atoms with E-state index >= 15 is 0 Å². The number of benzene rings is 4. The minimum Gasteiger partial charge on any atom is -0.251 e. The molecule has 4 aromatic carbocycles. The van der Waals surface area contributed by atoms with Crippen molar-refractivity contribution in [2.24, 2.45) is 20.0 Å². The first-order valence-corrected chi connectivity index (χ1v) is 26.2. The number of rotatable bonds is 0.